The SMILES string of the molecule is CN(CCNC(=O)[C@@H]1CCCC[C@H]1C(=O)O)c1ccccc1. The fourth-order valence-corrected chi connectivity index (χ4v) is 3.03. The molecule has 0 radical (unpaired) electrons. The predicted molar refractivity (Wildman–Crippen MR) is 85.8 cm³/mol. The number of hydrogen-bond acceptors (Lipinski definition) is 3. The molecule has 5 nitrogen and oxygen atoms in total. The molecule has 1 saturated carbocycles. The molecule has 1 aliphatic carbocycles. The van der Waals surface area contributed by atoms with Crippen molar-refractivity contribution in [2.45, 2.75) is 25.7 Å². The lowest BCUT2D eigenvalue weighted by Gasteiger charge is -2.28. The molecule has 0 bridgehead atoms. The number of rotatable bonds is 6. The number of carboxylic acids is 1. The maximum Gasteiger partial charge on any atom is 0.307 e. The molecule has 0 unspecified atom stereocenters. The number of carboxylic acid groups (broad SMARTS) is 1. The van der Waals surface area contributed by atoms with Crippen LogP contribution in [0.1, 0.15) is 25.7 Å². The normalized spacial score (nSPS) is 21.1. The van der Waals surface area contributed by atoms with E-state index < -0.39 is 11.9 Å². The van der Waals surface area contributed by atoms with E-state index in [-0.39, 0.29) is 11.8 Å². The van der Waals surface area contributed by atoms with Crippen molar-refractivity contribution in [3.8, 4) is 0 Å². The monoisotopic (exact) mass is 304 g/mol. The van der Waals surface area contributed by atoms with Crippen LogP contribution in [0.5, 0.6) is 0 Å². The average molecular weight is 304 g/mol. The highest BCUT2D eigenvalue weighted by Gasteiger charge is 2.35. The first kappa shape index (κ1) is 16.3. The smallest absolute Gasteiger partial charge is 0.307 e. The highest BCUT2D eigenvalue weighted by atomic mass is 16.4. The third-order valence-electron chi connectivity index (χ3n) is 4.36. The van der Waals surface area contributed by atoms with Crippen LogP contribution in [-0.2, 0) is 9.59 Å². The fourth-order valence-electron chi connectivity index (χ4n) is 3.03. The summed E-state index contributed by atoms with van der Waals surface area (Å²) in [5.74, 6) is -1.87. The van der Waals surface area contributed by atoms with Crippen LogP contribution in [0.25, 0.3) is 0 Å². The molecule has 1 aromatic rings. The summed E-state index contributed by atoms with van der Waals surface area (Å²) in [6.07, 6.45) is 3.12. The molecule has 2 atom stereocenters. The van der Waals surface area contributed by atoms with Gasteiger partial charge in [0.2, 0.25) is 5.91 Å². The molecular weight excluding hydrogens is 280 g/mol. The summed E-state index contributed by atoms with van der Waals surface area (Å²) >= 11 is 0. The highest BCUT2D eigenvalue weighted by molar-refractivity contribution is 5.84. The Kier molecular flexibility index (Phi) is 5.81. The minimum Gasteiger partial charge on any atom is -0.481 e. The molecule has 1 amide bonds. The number of para-hydroxylation sites is 1. The van der Waals surface area contributed by atoms with Crippen LogP contribution in [0.2, 0.25) is 0 Å². The second-order valence-corrected chi connectivity index (χ2v) is 5.88. The zero-order chi connectivity index (χ0) is 15.9. The second kappa shape index (κ2) is 7.82. The van der Waals surface area contributed by atoms with Crippen LogP contribution in [0, 0.1) is 11.8 Å². The van der Waals surface area contributed by atoms with Gasteiger partial charge in [0.05, 0.1) is 11.8 Å². The second-order valence-electron chi connectivity index (χ2n) is 5.88. The summed E-state index contributed by atoms with van der Waals surface area (Å²) in [7, 11) is 1.97. The van der Waals surface area contributed by atoms with Crippen molar-refractivity contribution in [1.82, 2.24) is 5.32 Å². The van der Waals surface area contributed by atoms with E-state index in [9.17, 15) is 14.7 Å². The van der Waals surface area contributed by atoms with E-state index in [4.69, 9.17) is 0 Å². The number of carbonyl (C=O) groups is 2. The van der Waals surface area contributed by atoms with Gasteiger partial charge < -0.3 is 15.3 Å². The van der Waals surface area contributed by atoms with E-state index in [0.717, 1.165) is 18.5 Å². The van der Waals surface area contributed by atoms with Gasteiger partial charge in [0.1, 0.15) is 0 Å². The van der Waals surface area contributed by atoms with Crippen molar-refractivity contribution in [3.05, 3.63) is 30.3 Å². The van der Waals surface area contributed by atoms with Gasteiger partial charge in [0.15, 0.2) is 0 Å². The molecule has 120 valence electrons. The van der Waals surface area contributed by atoms with E-state index in [1.165, 1.54) is 0 Å². The van der Waals surface area contributed by atoms with Crippen molar-refractivity contribution < 1.29 is 14.7 Å². The standard InChI is InChI=1S/C17H24N2O3/c1-19(13-7-3-2-4-8-13)12-11-18-16(20)14-9-5-6-10-15(14)17(21)22/h2-4,7-8,14-15H,5-6,9-12H2,1H3,(H,18,20)(H,21,22)/t14-,15-/m1/s1. The van der Waals surface area contributed by atoms with Crippen molar-refractivity contribution in [3.63, 3.8) is 0 Å². The molecule has 0 saturated heterocycles. The molecule has 2 N–H and O–H groups in total. The summed E-state index contributed by atoms with van der Waals surface area (Å²) in [5.41, 5.74) is 1.10. The van der Waals surface area contributed by atoms with Crippen LogP contribution < -0.4 is 10.2 Å². The summed E-state index contributed by atoms with van der Waals surface area (Å²) < 4.78 is 0. The Bertz CT molecular complexity index is 504. The molecule has 1 aromatic carbocycles. The lowest BCUT2D eigenvalue weighted by atomic mass is 9.79. The first-order valence-corrected chi connectivity index (χ1v) is 7.86. The van der Waals surface area contributed by atoms with E-state index in [1.807, 2.05) is 37.4 Å². The Hall–Kier alpha value is -2.04. The molecule has 0 aliphatic heterocycles. The van der Waals surface area contributed by atoms with Gasteiger partial charge in [-0.3, -0.25) is 9.59 Å². The Morgan fingerprint density at radius 1 is 1.18 bits per heavy atom. The number of nitrogens with one attached hydrogen (secondary N) is 1. The van der Waals surface area contributed by atoms with Gasteiger partial charge in [-0.15, -0.1) is 0 Å². The lowest BCUT2D eigenvalue weighted by molar-refractivity contribution is -0.148. The minimum absolute atomic E-state index is 0.117. The first-order valence-electron chi connectivity index (χ1n) is 7.86. The Balaban J connectivity index is 1.81. The zero-order valence-electron chi connectivity index (χ0n) is 13.0. The zero-order valence-corrected chi connectivity index (χ0v) is 13.0. The molecule has 0 heterocycles. The van der Waals surface area contributed by atoms with Gasteiger partial charge in [-0.25, -0.2) is 0 Å². The molecule has 22 heavy (non-hydrogen) atoms. The Labute approximate surface area is 131 Å². The predicted octanol–water partition coefficient (Wildman–Crippen LogP) is 2.13. The maximum absolute atomic E-state index is 12.2. The van der Waals surface area contributed by atoms with Crippen molar-refractivity contribution in [2.24, 2.45) is 11.8 Å². The van der Waals surface area contributed by atoms with Crippen LogP contribution in [0.3, 0.4) is 0 Å². The quantitative estimate of drug-likeness (QED) is 0.844. The van der Waals surface area contributed by atoms with Crippen LogP contribution in [-0.4, -0.2) is 37.1 Å². The molecule has 1 aliphatic rings. The van der Waals surface area contributed by atoms with E-state index in [0.29, 0.717) is 25.9 Å². The van der Waals surface area contributed by atoms with Crippen LogP contribution in [0.15, 0.2) is 30.3 Å². The fraction of sp³-hybridized carbons (Fsp3) is 0.529. The van der Waals surface area contributed by atoms with E-state index in [2.05, 4.69) is 10.2 Å². The number of carbonyl (C=O) groups excluding carboxylic acids is 1. The molecule has 0 aromatic heterocycles. The van der Waals surface area contributed by atoms with Gasteiger partial charge in [-0.05, 0) is 25.0 Å². The highest BCUT2D eigenvalue weighted by Crippen LogP contribution is 2.30. The van der Waals surface area contributed by atoms with E-state index >= 15 is 0 Å². The van der Waals surface area contributed by atoms with Gasteiger partial charge in [-0.2, -0.15) is 0 Å². The van der Waals surface area contributed by atoms with Gasteiger partial charge in [0, 0.05) is 25.8 Å². The van der Waals surface area contributed by atoms with Gasteiger partial charge >= 0.3 is 5.97 Å². The Morgan fingerprint density at radius 3 is 2.45 bits per heavy atom. The third-order valence-corrected chi connectivity index (χ3v) is 4.36. The van der Waals surface area contributed by atoms with Crippen LogP contribution >= 0.6 is 0 Å². The number of aliphatic carboxylic acids is 1. The summed E-state index contributed by atoms with van der Waals surface area (Å²) in [6.45, 7) is 1.22. The third kappa shape index (κ3) is 4.23. The molecule has 2 rings (SSSR count). The topological polar surface area (TPSA) is 69.6 Å². The lowest BCUT2D eigenvalue weighted by Crippen LogP contribution is -2.42. The Morgan fingerprint density at radius 2 is 1.82 bits per heavy atom. The summed E-state index contributed by atoms with van der Waals surface area (Å²) in [4.78, 5) is 25.6. The number of amides is 1. The minimum atomic E-state index is -0.846. The molecule has 1 fully saturated rings. The van der Waals surface area contributed by atoms with E-state index in [1.54, 1.807) is 0 Å². The maximum atomic E-state index is 12.2. The van der Waals surface area contributed by atoms with Gasteiger partial charge in [-0.1, -0.05) is 31.0 Å². The van der Waals surface area contributed by atoms with Crippen molar-refractivity contribution >= 4 is 17.6 Å². The largest absolute Gasteiger partial charge is 0.481 e. The number of anilines is 1. The van der Waals surface area contributed by atoms with Crippen molar-refractivity contribution in [1.29, 1.82) is 0 Å². The van der Waals surface area contributed by atoms with Crippen LogP contribution in [0.4, 0.5) is 5.69 Å². The number of hydrogen-bond donors (Lipinski definition) is 2. The number of likely N-dealkylation sites (N-methyl/N-ethyl adjacent to an activating group) is 1. The number of nitrogens with zero attached hydrogens (tertiary/aromatic N) is 1. The average Bonchev–Trinajstić information content (AvgIpc) is 2.55. The number of benzene rings is 1. The van der Waals surface area contributed by atoms with Gasteiger partial charge in [0.25, 0.3) is 0 Å². The summed E-state index contributed by atoms with van der Waals surface area (Å²) in [5, 5.41) is 12.1. The first-order chi connectivity index (χ1) is 10.6. The molecule has 5 heteroatoms. The molecule has 0 spiro atoms. The molecular formula is C17H24N2O3. The summed E-state index contributed by atoms with van der Waals surface area (Å²) in [6, 6.07) is 9.95. The van der Waals surface area contributed by atoms with Crippen molar-refractivity contribution in [2.75, 3.05) is 25.0 Å².